The summed E-state index contributed by atoms with van der Waals surface area (Å²) in [6.07, 6.45) is 0. The van der Waals surface area contributed by atoms with Gasteiger partial charge in [-0.15, -0.1) is 12.4 Å². The van der Waals surface area contributed by atoms with E-state index in [-0.39, 0.29) is 24.4 Å². The number of nitrogens with zero attached hydrogens (tertiary/aromatic N) is 1. The molecule has 0 aliphatic carbocycles. The van der Waals surface area contributed by atoms with Gasteiger partial charge in [0.15, 0.2) is 11.5 Å². The zero-order valence-electron chi connectivity index (χ0n) is 14.7. The van der Waals surface area contributed by atoms with Crippen molar-refractivity contribution >= 4 is 29.9 Å². The van der Waals surface area contributed by atoms with Gasteiger partial charge in [-0.25, -0.2) is 0 Å². The van der Waals surface area contributed by atoms with Crippen LogP contribution in [-0.2, 0) is 0 Å². The summed E-state index contributed by atoms with van der Waals surface area (Å²) in [5.41, 5.74) is 1.51. The number of amides is 1. The van der Waals surface area contributed by atoms with E-state index in [0.29, 0.717) is 35.2 Å². The lowest BCUT2D eigenvalue weighted by molar-refractivity contribution is 0.0630. The standard InChI is InChI=1S/C19H21ClN2O3.ClH/c1-24-17-8-4-7-15(18(17)25-2)19(23)22-10-9-21-12-16(22)13-5-3-6-14(20)11-13;/h3-8,11,16,21H,9-10,12H2,1-2H3;1H. The molecule has 140 valence electrons. The Balaban J connectivity index is 0.00000243. The predicted octanol–water partition coefficient (Wildman–Crippen LogP) is 3.57. The van der Waals surface area contributed by atoms with Crippen molar-refractivity contribution in [1.82, 2.24) is 10.2 Å². The van der Waals surface area contributed by atoms with Crippen LogP contribution in [-0.4, -0.2) is 44.7 Å². The topological polar surface area (TPSA) is 50.8 Å². The summed E-state index contributed by atoms with van der Waals surface area (Å²) in [6, 6.07) is 12.9. The molecular formula is C19H22Cl2N2O3. The number of hydrogen-bond acceptors (Lipinski definition) is 4. The van der Waals surface area contributed by atoms with E-state index in [1.807, 2.05) is 29.2 Å². The highest BCUT2D eigenvalue weighted by molar-refractivity contribution is 6.30. The summed E-state index contributed by atoms with van der Waals surface area (Å²) >= 11 is 6.14. The molecule has 1 saturated heterocycles. The zero-order chi connectivity index (χ0) is 17.8. The highest BCUT2D eigenvalue weighted by atomic mass is 35.5. The van der Waals surface area contributed by atoms with Crippen LogP contribution >= 0.6 is 24.0 Å². The second-order valence-corrected chi connectivity index (χ2v) is 6.25. The van der Waals surface area contributed by atoms with Gasteiger partial charge in [0.05, 0.1) is 25.8 Å². The molecule has 3 rings (SSSR count). The van der Waals surface area contributed by atoms with Crippen LogP contribution in [0.15, 0.2) is 42.5 Å². The number of ether oxygens (including phenoxy) is 2. The first-order valence-corrected chi connectivity index (χ1v) is 8.51. The predicted molar refractivity (Wildman–Crippen MR) is 105 cm³/mol. The van der Waals surface area contributed by atoms with E-state index in [1.54, 1.807) is 32.4 Å². The van der Waals surface area contributed by atoms with Crippen LogP contribution in [0.25, 0.3) is 0 Å². The lowest BCUT2D eigenvalue weighted by Crippen LogP contribution is -2.48. The number of para-hydroxylation sites is 1. The van der Waals surface area contributed by atoms with Gasteiger partial charge < -0.3 is 19.7 Å². The van der Waals surface area contributed by atoms with Crippen molar-refractivity contribution in [3.8, 4) is 11.5 Å². The molecule has 1 N–H and O–H groups in total. The number of benzene rings is 2. The Hall–Kier alpha value is -1.95. The average molecular weight is 397 g/mol. The molecular weight excluding hydrogens is 375 g/mol. The van der Waals surface area contributed by atoms with Gasteiger partial charge in [0, 0.05) is 24.7 Å². The van der Waals surface area contributed by atoms with Crippen molar-refractivity contribution in [3.05, 3.63) is 58.6 Å². The molecule has 1 fully saturated rings. The quantitative estimate of drug-likeness (QED) is 0.857. The zero-order valence-corrected chi connectivity index (χ0v) is 16.3. The van der Waals surface area contributed by atoms with Gasteiger partial charge in [-0.3, -0.25) is 4.79 Å². The fourth-order valence-electron chi connectivity index (χ4n) is 3.17. The number of rotatable bonds is 4. The van der Waals surface area contributed by atoms with Crippen LogP contribution in [0, 0.1) is 0 Å². The Morgan fingerprint density at radius 1 is 1.19 bits per heavy atom. The minimum Gasteiger partial charge on any atom is -0.493 e. The van der Waals surface area contributed by atoms with E-state index in [2.05, 4.69) is 5.32 Å². The summed E-state index contributed by atoms with van der Waals surface area (Å²) < 4.78 is 10.7. The van der Waals surface area contributed by atoms with Crippen LogP contribution in [0.5, 0.6) is 11.5 Å². The van der Waals surface area contributed by atoms with Crippen molar-refractivity contribution < 1.29 is 14.3 Å². The molecule has 2 aromatic carbocycles. The number of piperazine rings is 1. The van der Waals surface area contributed by atoms with Crippen molar-refractivity contribution in [2.24, 2.45) is 0 Å². The number of nitrogens with one attached hydrogen (secondary N) is 1. The normalized spacial score (nSPS) is 16.6. The highest BCUT2D eigenvalue weighted by Crippen LogP contribution is 2.34. The Morgan fingerprint density at radius 2 is 1.96 bits per heavy atom. The van der Waals surface area contributed by atoms with Gasteiger partial charge in [-0.1, -0.05) is 29.8 Å². The van der Waals surface area contributed by atoms with E-state index in [1.165, 1.54) is 0 Å². The van der Waals surface area contributed by atoms with E-state index in [0.717, 1.165) is 12.1 Å². The molecule has 1 unspecified atom stereocenters. The monoisotopic (exact) mass is 396 g/mol. The first-order chi connectivity index (χ1) is 12.2. The molecule has 2 aromatic rings. The smallest absolute Gasteiger partial charge is 0.258 e. The highest BCUT2D eigenvalue weighted by Gasteiger charge is 2.30. The fourth-order valence-corrected chi connectivity index (χ4v) is 3.37. The first kappa shape index (κ1) is 20.4. The summed E-state index contributed by atoms with van der Waals surface area (Å²) in [6.45, 7) is 2.03. The van der Waals surface area contributed by atoms with Gasteiger partial charge in [-0.2, -0.15) is 0 Å². The van der Waals surface area contributed by atoms with Crippen LogP contribution in [0.2, 0.25) is 5.02 Å². The third kappa shape index (κ3) is 4.06. The summed E-state index contributed by atoms with van der Waals surface area (Å²) in [4.78, 5) is 15.1. The Labute approximate surface area is 164 Å². The Kier molecular flexibility index (Phi) is 7.14. The molecule has 1 aliphatic heterocycles. The third-order valence-corrected chi connectivity index (χ3v) is 4.61. The molecule has 1 heterocycles. The molecule has 26 heavy (non-hydrogen) atoms. The maximum atomic E-state index is 13.2. The van der Waals surface area contributed by atoms with Gasteiger partial charge >= 0.3 is 0 Å². The Bertz CT molecular complexity index is 770. The van der Waals surface area contributed by atoms with Crippen LogP contribution in [0.3, 0.4) is 0 Å². The second-order valence-electron chi connectivity index (χ2n) is 5.81. The van der Waals surface area contributed by atoms with E-state index in [4.69, 9.17) is 21.1 Å². The SMILES string of the molecule is COc1cccc(C(=O)N2CCNCC2c2cccc(Cl)c2)c1OC.Cl. The number of halogens is 2. The largest absolute Gasteiger partial charge is 0.493 e. The maximum Gasteiger partial charge on any atom is 0.258 e. The molecule has 5 nitrogen and oxygen atoms in total. The van der Waals surface area contributed by atoms with Crippen molar-refractivity contribution in [3.63, 3.8) is 0 Å². The van der Waals surface area contributed by atoms with Crippen molar-refractivity contribution in [2.45, 2.75) is 6.04 Å². The summed E-state index contributed by atoms with van der Waals surface area (Å²) in [7, 11) is 3.10. The summed E-state index contributed by atoms with van der Waals surface area (Å²) in [5, 5.41) is 4.01. The number of hydrogen-bond donors (Lipinski definition) is 1. The van der Waals surface area contributed by atoms with Gasteiger partial charge in [0.25, 0.3) is 5.91 Å². The number of carbonyl (C=O) groups is 1. The lowest BCUT2D eigenvalue weighted by atomic mass is 10.0. The summed E-state index contributed by atoms with van der Waals surface area (Å²) in [5.74, 6) is 0.920. The third-order valence-electron chi connectivity index (χ3n) is 4.37. The van der Waals surface area contributed by atoms with Crippen LogP contribution in [0.1, 0.15) is 22.0 Å². The molecule has 1 amide bonds. The minimum absolute atomic E-state index is 0. The molecule has 0 bridgehead atoms. The molecule has 0 radical (unpaired) electrons. The average Bonchev–Trinajstić information content (AvgIpc) is 2.66. The molecule has 0 saturated carbocycles. The van der Waals surface area contributed by atoms with Crippen LogP contribution < -0.4 is 14.8 Å². The van der Waals surface area contributed by atoms with Crippen LogP contribution in [0.4, 0.5) is 0 Å². The fraction of sp³-hybridized carbons (Fsp3) is 0.316. The van der Waals surface area contributed by atoms with Crippen molar-refractivity contribution in [1.29, 1.82) is 0 Å². The maximum absolute atomic E-state index is 13.2. The van der Waals surface area contributed by atoms with E-state index >= 15 is 0 Å². The van der Waals surface area contributed by atoms with Gasteiger partial charge in [-0.05, 0) is 29.8 Å². The van der Waals surface area contributed by atoms with Gasteiger partial charge in [0.2, 0.25) is 0 Å². The molecule has 0 spiro atoms. The molecule has 7 heteroatoms. The lowest BCUT2D eigenvalue weighted by Gasteiger charge is -2.37. The number of methoxy groups -OCH3 is 2. The molecule has 1 aliphatic rings. The Morgan fingerprint density at radius 3 is 2.65 bits per heavy atom. The molecule has 1 atom stereocenters. The number of carbonyl (C=O) groups excluding carboxylic acids is 1. The van der Waals surface area contributed by atoms with Crippen molar-refractivity contribution in [2.75, 3.05) is 33.9 Å². The second kappa shape index (κ2) is 9.12. The van der Waals surface area contributed by atoms with Gasteiger partial charge in [0.1, 0.15) is 0 Å². The minimum atomic E-state index is -0.0872. The van der Waals surface area contributed by atoms with E-state index < -0.39 is 0 Å². The first-order valence-electron chi connectivity index (χ1n) is 8.14. The molecule has 0 aromatic heterocycles. The van der Waals surface area contributed by atoms with E-state index in [9.17, 15) is 4.79 Å².